The summed E-state index contributed by atoms with van der Waals surface area (Å²) in [7, 11) is 0. The summed E-state index contributed by atoms with van der Waals surface area (Å²) < 4.78 is 0. The molecule has 0 radical (unpaired) electrons. The van der Waals surface area contributed by atoms with Crippen LogP contribution in [-0.4, -0.2) is 15.9 Å². The number of H-pyrrole nitrogens is 1. The van der Waals surface area contributed by atoms with Gasteiger partial charge in [0.05, 0.1) is 11.3 Å². The van der Waals surface area contributed by atoms with Crippen molar-refractivity contribution in [3.05, 3.63) is 47.8 Å². The highest BCUT2D eigenvalue weighted by atomic mass is 16.3. The monoisotopic (exact) mass is 244 g/mol. The van der Waals surface area contributed by atoms with Crippen LogP contribution in [0.3, 0.4) is 0 Å². The number of phenolic OH excluding ortho intramolecular Hbond substituents is 1. The highest BCUT2D eigenvalue weighted by Crippen LogP contribution is 2.25. The van der Waals surface area contributed by atoms with Crippen LogP contribution >= 0.6 is 0 Å². The third kappa shape index (κ3) is 2.71. The van der Waals surface area contributed by atoms with Crippen molar-refractivity contribution in [1.29, 1.82) is 0 Å². The molecule has 0 bridgehead atoms. The minimum Gasteiger partial charge on any atom is -0.505 e. The Labute approximate surface area is 105 Å². The molecule has 4 heteroatoms. The van der Waals surface area contributed by atoms with Crippen LogP contribution in [0.15, 0.2) is 36.7 Å². The van der Waals surface area contributed by atoms with E-state index < -0.39 is 0 Å². The zero-order valence-electron chi connectivity index (χ0n) is 10.0. The normalized spacial score (nSPS) is 10.4. The molecule has 0 saturated heterocycles. The van der Waals surface area contributed by atoms with Gasteiger partial charge in [-0.3, -0.25) is 4.79 Å². The van der Waals surface area contributed by atoms with Crippen molar-refractivity contribution in [2.24, 2.45) is 0 Å². The third-order valence-corrected chi connectivity index (χ3v) is 2.90. The highest BCUT2D eigenvalue weighted by Gasteiger charge is 2.12. The number of benzene rings is 1. The van der Waals surface area contributed by atoms with Crippen LogP contribution < -0.4 is 5.73 Å². The van der Waals surface area contributed by atoms with Crippen LogP contribution in [0.1, 0.15) is 28.8 Å². The van der Waals surface area contributed by atoms with Gasteiger partial charge in [0.25, 0.3) is 0 Å². The van der Waals surface area contributed by atoms with Gasteiger partial charge in [-0.25, -0.2) is 0 Å². The van der Waals surface area contributed by atoms with Crippen molar-refractivity contribution in [3.63, 3.8) is 0 Å². The number of hydrogen-bond acceptors (Lipinski definition) is 3. The molecule has 0 unspecified atom stereocenters. The molecule has 2 rings (SSSR count). The molecule has 4 nitrogen and oxygen atoms in total. The lowest BCUT2D eigenvalue weighted by molar-refractivity contribution is 0.0977. The van der Waals surface area contributed by atoms with Crippen LogP contribution in [0.4, 0.5) is 5.69 Å². The zero-order chi connectivity index (χ0) is 13.0. The fourth-order valence-corrected chi connectivity index (χ4v) is 1.89. The molecule has 0 saturated carbocycles. The van der Waals surface area contributed by atoms with Gasteiger partial charge in [-0.1, -0.05) is 6.07 Å². The zero-order valence-corrected chi connectivity index (χ0v) is 10.0. The number of carbonyl (C=O) groups is 1. The summed E-state index contributed by atoms with van der Waals surface area (Å²) in [6.07, 6.45) is 5.79. The van der Waals surface area contributed by atoms with Crippen molar-refractivity contribution in [3.8, 4) is 5.75 Å². The Morgan fingerprint density at radius 2 is 2.17 bits per heavy atom. The Morgan fingerprint density at radius 3 is 2.89 bits per heavy atom. The van der Waals surface area contributed by atoms with Crippen LogP contribution in [0.5, 0.6) is 5.75 Å². The SMILES string of the molecule is Nc1cccc(C(=O)CCCc2cc[nH]c2)c1O. The van der Waals surface area contributed by atoms with Gasteiger partial charge in [0.1, 0.15) is 5.75 Å². The first-order chi connectivity index (χ1) is 8.68. The molecule has 0 aliphatic heterocycles. The average Bonchev–Trinajstić information content (AvgIpc) is 2.85. The van der Waals surface area contributed by atoms with Gasteiger partial charge in [0.15, 0.2) is 5.78 Å². The fraction of sp³-hybridized carbons (Fsp3) is 0.214. The minimum atomic E-state index is -0.107. The first kappa shape index (κ1) is 12.2. The van der Waals surface area contributed by atoms with Crippen LogP contribution in [-0.2, 0) is 6.42 Å². The molecule has 18 heavy (non-hydrogen) atoms. The Morgan fingerprint density at radius 1 is 1.33 bits per heavy atom. The topological polar surface area (TPSA) is 79.1 Å². The number of rotatable bonds is 5. The number of aromatic amines is 1. The number of hydrogen-bond donors (Lipinski definition) is 3. The summed E-state index contributed by atoms with van der Waals surface area (Å²) in [6, 6.07) is 6.84. The fourth-order valence-electron chi connectivity index (χ4n) is 1.89. The molecule has 94 valence electrons. The van der Waals surface area contributed by atoms with Gasteiger partial charge in [-0.05, 0) is 36.6 Å². The van der Waals surface area contributed by atoms with Crippen molar-refractivity contribution >= 4 is 11.5 Å². The van der Waals surface area contributed by atoms with E-state index in [4.69, 9.17) is 5.73 Å². The number of ketones is 1. The summed E-state index contributed by atoms with van der Waals surface area (Å²) in [6.45, 7) is 0. The van der Waals surface area contributed by atoms with Gasteiger partial charge in [0, 0.05) is 18.8 Å². The van der Waals surface area contributed by atoms with E-state index in [2.05, 4.69) is 4.98 Å². The van der Waals surface area contributed by atoms with E-state index in [9.17, 15) is 9.90 Å². The Bertz CT molecular complexity index is 533. The minimum absolute atomic E-state index is 0.0738. The van der Waals surface area contributed by atoms with Crippen molar-refractivity contribution in [2.75, 3.05) is 5.73 Å². The molecule has 0 aliphatic carbocycles. The second-order valence-electron chi connectivity index (χ2n) is 4.24. The predicted octanol–water partition coefficient (Wildman–Crippen LogP) is 2.51. The van der Waals surface area contributed by atoms with Gasteiger partial charge in [0.2, 0.25) is 0 Å². The number of carbonyl (C=O) groups excluding carboxylic acids is 1. The first-order valence-corrected chi connectivity index (χ1v) is 5.91. The van der Waals surface area contributed by atoms with Crippen LogP contribution in [0.25, 0.3) is 0 Å². The van der Waals surface area contributed by atoms with Gasteiger partial charge in [-0.2, -0.15) is 0 Å². The number of aromatic hydroxyl groups is 1. The first-order valence-electron chi connectivity index (χ1n) is 5.91. The lowest BCUT2D eigenvalue weighted by atomic mass is 10.0. The Hall–Kier alpha value is -2.23. The molecular formula is C14H16N2O2. The number of aromatic nitrogens is 1. The van der Waals surface area contributed by atoms with E-state index in [1.807, 2.05) is 18.5 Å². The van der Waals surface area contributed by atoms with Crippen molar-refractivity contribution < 1.29 is 9.90 Å². The van der Waals surface area contributed by atoms with Crippen molar-refractivity contribution in [2.45, 2.75) is 19.3 Å². The van der Waals surface area contributed by atoms with E-state index in [1.165, 1.54) is 5.56 Å². The number of nitrogen functional groups attached to an aromatic ring is 1. The van der Waals surface area contributed by atoms with E-state index in [0.717, 1.165) is 12.8 Å². The van der Waals surface area contributed by atoms with Gasteiger partial charge in [-0.15, -0.1) is 0 Å². The molecule has 2 aromatic rings. The maximum Gasteiger partial charge on any atom is 0.166 e. The molecule has 0 atom stereocenters. The number of para-hydroxylation sites is 1. The number of nitrogens with two attached hydrogens (primary N) is 1. The predicted molar refractivity (Wildman–Crippen MR) is 70.6 cm³/mol. The second kappa shape index (κ2) is 5.40. The molecule has 0 fully saturated rings. The maximum atomic E-state index is 11.9. The molecule has 1 aromatic carbocycles. The summed E-state index contributed by atoms with van der Waals surface area (Å²) >= 11 is 0. The lowest BCUT2D eigenvalue weighted by Gasteiger charge is -2.05. The molecule has 4 N–H and O–H groups in total. The van der Waals surface area contributed by atoms with Gasteiger partial charge >= 0.3 is 0 Å². The van der Waals surface area contributed by atoms with E-state index in [-0.39, 0.29) is 17.2 Å². The number of Topliss-reactive ketones (excluding diaryl/α,β-unsaturated/α-hetero) is 1. The maximum absolute atomic E-state index is 11.9. The number of anilines is 1. The summed E-state index contributed by atoms with van der Waals surface area (Å²) in [5, 5.41) is 9.70. The average molecular weight is 244 g/mol. The number of aryl methyl sites for hydroxylation is 1. The van der Waals surface area contributed by atoms with E-state index in [0.29, 0.717) is 12.0 Å². The number of phenols is 1. The summed E-state index contributed by atoms with van der Waals surface area (Å²) in [4.78, 5) is 14.9. The van der Waals surface area contributed by atoms with Gasteiger partial charge < -0.3 is 15.8 Å². The van der Waals surface area contributed by atoms with E-state index in [1.54, 1.807) is 18.2 Å². The molecule has 1 heterocycles. The largest absolute Gasteiger partial charge is 0.505 e. The van der Waals surface area contributed by atoms with Crippen LogP contribution in [0.2, 0.25) is 0 Å². The molecular weight excluding hydrogens is 228 g/mol. The summed E-state index contributed by atoms with van der Waals surface area (Å²) in [5.74, 6) is -0.181. The quantitative estimate of drug-likeness (QED) is 0.429. The van der Waals surface area contributed by atoms with E-state index >= 15 is 0 Å². The lowest BCUT2D eigenvalue weighted by Crippen LogP contribution is -2.01. The second-order valence-corrected chi connectivity index (χ2v) is 4.24. The number of nitrogens with one attached hydrogen (secondary N) is 1. The Balaban J connectivity index is 1.93. The highest BCUT2D eigenvalue weighted by molar-refractivity contribution is 6.00. The molecule has 0 aliphatic rings. The summed E-state index contributed by atoms with van der Waals surface area (Å²) in [5.41, 5.74) is 7.29. The molecule has 0 amide bonds. The molecule has 1 aromatic heterocycles. The van der Waals surface area contributed by atoms with Crippen molar-refractivity contribution in [1.82, 2.24) is 4.98 Å². The standard InChI is InChI=1S/C14H16N2O2/c15-12-5-2-4-11(14(12)18)13(17)6-1-3-10-7-8-16-9-10/h2,4-5,7-9,16,18H,1,3,6,15H2. The smallest absolute Gasteiger partial charge is 0.166 e. The Kier molecular flexibility index (Phi) is 3.67. The third-order valence-electron chi connectivity index (χ3n) is 2.90. The van der Waals surface area contributed by atoms with Crippen LogP contribution in [0, 0.1) is 0 Å². The molecule has 0 spiro atoms.